The van der Waals surface area contributed by atoms with Crippen molar-refractivity contribution in [3.63, 3.8) is 0 Å². The Hall–Kier alpha value is -2.35. The quantitative estimate of drug-likeness (QED) is 0.866. The van der Waals surface area contributed by atoms with E-state index >= 15 is 0 Å². The normalized spacial score (nSPS) is 9.88. The number of anilines is 1. The number of furan rings is 1. The van der Waals surface area contributed by atoms with Crippen molar-refractivity contribution in [1.82, 2.24) is 9.97 Å². The molecule has 5 nitrogen and oxygen atoms in total. The minimum atomic E-state index is 0.295. The molecule has 0 aliphatic rings. The van der Waals surface area contributed by atoms with Gasteiger partial charge in [-0.05, 0) is 24.6 Å². The minimum absolute atomic E-state index is 0.295. The summed E-state index contributed by atoms with van der Waals surface area (Å²) in [7, 11) is 0. The van der Waals surface area contributed by atoms with Crippen molar-refractivity contribution in [1.29, 1.82) is 5.26 Å². The monoisotopic (exact) mass is 228 g/mol. The first-order chi connectivity index (χ1) is 8.29. The lowest BCUT2D eigenvalue weighted by Crippen LogP contribution is -2.05. The summed E-state index contributed by atoms with van der Waals surface area (Å²) in [6, 6.07) is 5.79. The van der Waals surface area contributed by atoms with Gasteiger partial charge in [0.05, 0.1) is 31.0 Å². The fourth-order valence-electron chi connectivity index (χ4n) is 1.40. The molecule has 2 rings (SSSR count). The predicted octanol–water partition coefficient (Wildman–Crippen LogP) is 2.06. The van der Waals surface area contributed by atoms with Crippen molar-refractivity contribution >= 4 is 5.95 Å². The maximum atomic E-state index is 8.67. The molecule has 2 aromatic rings. The molecule has 1 N–H and O–H groups in total. The van der Waals surface area contributed by atoms with E-state index in [4.69, 9.17) is 9.68 Å². The fourth-order valence-corrected chi connectivity index (χ4v) is 1.40. The molecule has 0 bridgehead atoms. The molecule has 17 heavy (non-hydrogen) atoms. The second-order valence-corrected chi connectivity index (χ2v) is 3.59. The van der Waals surface area contributed by atoms with Gasteiger partial charge in [-0.15, -0.1) is 0 Å². The number of nitrogens with zero attached hydrogens (tertiary/aromatic N) is 3. The van der Waals surface area contributed by atoms with Crippen LogP contribution in [-0.2, 0) is 13.0 Å². The maximum Gasteiger partial charge on any atom is 0.223 e. The highest BCUT2D eigenvalue weighted by molar-refractivity contribution is 5.30. The van der Waals surface area contributed by atoms with Crippen molar-refractivity contribution in [3.05, 3.63) is 41.6 Å². The summed E-state index contributed by atoms with van der Waals surface area (Å²) in [4.78, 5) is 8.42. The highest BCUT2D eigenvalue weighted by Gasteiger charge is 2.04. The van der Waals surface area contributed by atoms with Gasteiger partial charge in [-0.1, -0.05) is 0 Å². The van der Waals surface area contributed by atoms with Gasteiger partial charge < -0.3 is 9.73 Å². The Bertz CT molecular complexity index is 528. The number of nitrogens with one attached hydrogen (secondary N) is 1. The zero-order chi connectivity index (χ0) is 12.1. The van der Waals surface area contributed by atoms with Gasteiger partial charge in [-0.3, -0.25) is 0 Å². The molecule has 0 saturated carbocycles. The fraction of sp³-hybridized carbons (Fsp3) is 0.250. The lowest BCUT2D eigenvalue weighted by molar-refractivity contribution is 0.517. The van der Waals surface area contributed by atoms with E-state index in [-0.39, 0.29) is 0 Å². The lowest BCUT2D eigenvalue weighted by Gasteiger charge is -2.05. The van der Waals surface area contributed by atoms with E-state index in [2.05, 4.69) is 21.4 Å². The molecule has 0 fully saturated rings. The average molecular weight is 228 g/mol. The van der Waals surface area contributed by atoms with Crippen molar-refractivity contribution in [3.8, 4) is 6.07 Å². The predicted molar refractivity (Wildman–Crippen MR) is 62.1 cm³/mol. The minimum Gasteiger partial charge on any atom is -0.467 e. The van der Waals surface area contributed by atoms with Gasteiger partial charge in [0.15, 0.2) is 0 Å². The largest absolute Gasteiger partial charge is 0.467 e. The highest BCUT2D eigenvalue weighted by Crippen LogP contribution is 2.09. The Morgan fingerprint density at radius 1 is 1.53 bits per heavy atom. The smallest absolute Gasteiger partial charge is 0.223 e. The van der Waals surface area contributed by atoms with E-state index in [0.29, 0.717) is 18.9 Å². The number of hydrogen-bond donors (Lipinski definition) is 1. The number of aromatic nitrogens is 2. The van der Waals surface area contributed by atoms with E-state index in [9.17, 15) is 0 Å². The molecule has 2 aromatic heterocycles. The SMILES string of the molecule is Cc1cnc(NCc2ccco2)nc1CC#N. The van der Waals surface area contributed by atoms with Gasteiger partial charge in [0, 0.05) is 6.20 Å². The van der Waals surface area contributed by atoms with Gasteiger partial charge >= 0.3 is 0 Å². The molecule has 0 unspecified atom stereocenters. The highest BCUT2D eigenvalue weighted by atomic mass is 16.3. The Labute approximate surface area is 99.1 Å². The Morgan fingerprint density at radius 3 is 3.12 bits per heavy atom. The van der Waals surface area contributed by atoms with Gasteiger partial charge in [-0.25, -0.2) is 9.97 Å². The number of rotatable bonds is 4. The molecule has 0 saturated heterocycles. The molecular weight excluding hydrogens is 216 g/mol. The van der Waals surface area contributed by atoms with Gasteiger partial charge in [0.2, 0.25) is 5.95 Å². The molecular formula is C12H12N4O. The van der Waals surface area contributed by atoms with Crippen LogP contribution in [0.4, 0.5) is 5.95 Å². The molecule has 86 valence electrons. The van der Waals surface area contributed by atoms with Gasteiger partial charge in [0.25, 0.3) is 0 Å². The first-order valence-electron chi connectivity index (χ1n) is 5.25. The topological polar surface area (TPSA) is 74.7 Å². The molecule has 0 aliphatic heterocycles. The van der Waals surface area contributed by atoms with Crippen molar-refractivity contribution in [2.45, 2.75) is 19.9 Å². The first-order valence-corrected chi connectivity index (χ1v) is 5.25. The molecule has 0 spiro atoms. The molecule has 0 atom stereocenters. The molecule has 5 heteroatoms. The maximum absolute atomic E-state index is 8.67. The Balaban J connectivity index is 2.06. The molecule has 0 aromatic carbocycles. The van der Waals surface area contributed by atoms with Crippen molar-refractivity contribution < 1.29 is 4.42 Å². The van der Waals surface area contributed by atoms with E-state index in [1.54, 1.807) is 12.5 Å². The van der Waals surface area contributed by atoms with Crippen LogP contribution in [0.3, 0.4) is 0 Å². The zero-order valence-electron chi connectivity index (χ0n) is 9.47. The first kappa shape index (κ1) is 11.1. The van der Waals surface area contributed by atoms with Crippen LogP contribution in [0.1, 0.15) is 17.0 Å². The molecule has 2 heterocycles. The summed E-state index contributed by atoms with van der Waals surface area (Å²) in [6.45, 7) is 2.42. The van der Waals surface area contributed by atoms with Crippen LogP contribution in [0.15, 0.2) is 29.0 Å². The summed E-state index contributed by atoms with van der Waals surface area (Å²) in [5, 5.41) is 11.7. The summed E-state index contributed by atoms with van der Waals surface area (Å²) in [5.41, 5.74) is 1.68. The summed E-state index contributed by atoms with van der Waals surface area (Å²) >= 11 is 0. The number of hydrogen-bond acceptors (Lipinski definition) is 5. The third-order valence-electron chi connectivity index (χ3n) is 2.32. The van der Waals surface area contributed by atoms with Crippen LogP contribution in [-0.4, -0.2) is 9.97 Å². The van der Waals surface area contributed by atoms with Crippen LogP contribution >= 0.6 is 0 Å². The van der Waals surface area contributed by atoms with E-state index in [1.807, 2.05) is 19.1 Å². The molecule has 0 amide bonds. The Kier molecular flexibility index (Phi) is 3.36. The third-order valence-corrected chi connectivity index (χ3v) is 2.32. The van der Waals surface area contributed by atoms with E-state index in [0.717, 1.165) is 17.0 Å². The van der Waals surface area contributed by atoms with Crippen molar-refractivity contribution in [2.24, 2.45) is 0 Å². The summed E-state index contributed by atoms with van der Waals surface area (Å²) < 4.78 is 5.19. The van der Waals surface area contributed by atoms with Gasteiger partial charge in [-0.2, -0.15) is 5.26 Å². The van der Waals surface area contributed by atoms with E-state index in [1.165, 1.54) is 0 Å². The zero-order valence-corrected chi connectivity index (χ0v) is 9.47. The Morgan fingerprint density at radius 2 is 2.41 bits per heavy atom. The van der Waals surface area contributed by atoms with Crippen LogP contribution in [0, 0.1) is 18.3 Å². The third kappa shape index (κ3) is 2.82. The van der Waals surface area contributed by atoms with E-state index < -0.39 is 0 Å². The van der Waals surface area contributed by atoms with Crippen LogP contribution < -0.4 is 5.32 Å². The molecule has 0 aliphatic carbocycles. The molecule has 0 radical (unpaired) electrons. The van der Waals surface area contributed by atoms with Crippen LogP contribution in [0.25, 0.3) is 0 Å². The van der Waals surface area contributed by atoms with Crippen molar-refractivity contribution in [2.75, 3.05) is 5.32 Å². The number of aryl methyl sites for hydroxylation is 1. The van der Waals surface area contributed by atoms with Gasteiger partial charge in [0.1, 0.15) is 5.76 Å². The van der Waals surface area contributed by atoms with Crippen LogP contribution in [0.5, 0.6) is 0 Å². The number of nitriles is 1. The standard InChI is InChI=1S/C12H12N4O/c1-9-7-14-12(16-11(9)4-5-13)15-8-10-3-2-6-17-10/h2-3,6-7H,4,8H2,1H3,(H,14,15,16). The average Bonchev–Trinajstić information content (AvgIpc) is 2.83. The summed E-state index contributed by atoms with van der Waals surface area (Å²) in [5.74, 6) is 1.33. The summed E-state index contributed by atoms with van der Waals surface area (Å²) in [6.07, 6.45) is 3.63. The lowest BCUT2D eigenvalue weighted by atomic mass is 10.2. The second kappa shape index (κ2) is 5.12. The second-order valence-electron chi connectivity index (χ2n) is 3.59. The van der Waals surface area contributed by atoms with Crippen LogP contribution in [0.2, 0.25) is 0 Å².